The number of rotatable bonds is 5. The van der Waals surface area contributed by atoms with Crippen molar-refractivity contribution in [2.24, 2.45) is 0 Å². The summed E-state index contributed by atoms with van der Waals surface area (Å²) in [6, 6.07) is 14.9. The summed E-state index contributed by atoms with van der Waals surface area (Å²) in [6.07, 6.45) is 0. The van der Waals surface area contributed by atoms with Crippen LogP contribution in [0.3, 0.4) is 0 Å². The predicted octanol–water partition coefficient (Wildman–Crippen LogP) is 4.83. The van der Waals surface area contributed by atoms with Crippen LogP contribution in [0, 0.1) is 13.8 Å². The van der Waals surface area contributed by atoms with Gasteiger partial charge in [-0.2, -0.15) is 0 Å². The number of para-hydroxylation sites is 1. The Labute approximate surface area is 188 Å². The van der Waals surface area contributed by atoms with Gasteiger partial charge in [0.15, 0.2) is 28.7 Å². The summed E-state index contributed by atoms with van der Waals surface area (Å²) in [5, 5.41) is 15.4. The molecule has 1 atom stereocenters. The number of fused-ring (bicyclic) bond motifs is 1. The number of aryl methyl sites for hydroxylation is 2. The largest absolute Gasteiger partial charge is 0.503 e. The van der Waals surface area contributed by atoms with Crippen LogP contribution in [0.4, 0.5) is 5.82 Å². The molecule has 0 bridgehead atoms. The van der Waals surface area contributed by atoms with Gasteiger partial charge >= 0.3 is 0 Å². The summed E-state index contributed by atoms with van der Waals surface area (Å²) in [4.78, 5) is 28.0. The normalized spacial score (nSPS) is 16.2. The fourth-order valence-corrected chi connectivity index (χ4v) is 4.05. The number of methoxy groups -OCH3 is 1. The maximum atomic E-state index is 13.6. The molecule has 1 N–H and O–H groups in total. The van der Waals surface area contributed by atoms with Gasteiger partial charge in [0.1, 0.15) is 5.76 Å². The molecule has 8 heteroatoms. The van der Waals surface area contributed by atoms with Crippen LogP contribution < -0.4 is 9.64 Å². The molecule has 1 unspecified atom stereocenters. The van der Waals surface area contributed by atoms with E-state index in [1.54, 1.807) is 49.4 Å². The Bertz CT molecular complexity index is 1430. The van der Waals surface area contributed by atoms with Crippen molar-refractivity contribution < 1.29 is 28.4 Å². The van der Waals surface area contributed by atoms with Crippen LogP contribution in [0.15, 0.2) is 74.9 Å². The first-order valence-corrected chi connectivity index (χ1v) is 10.3. The first-order valence-electron chi connectivity index (χ1n) is 10.3. The number of carbonyl (C=O) groups is 2. The molecule has 5 rings (SSSR count). The second-order valence-corrected chi connectivity index (χ2v) is 7.86. The summed E-state index contributed by atoms with van der Waals surface area (Å²) < 4.78 is 16.3. The van der Waals surface area contributed by atoms with Gasteiger partial charge in [0, 0.05) is 11.5 Å². The third-order valence-electron chi connectivity index (χ3n) is 5.66. The van der Waals surface area contributed by atoms with Gasteiger partial charge in [-0.3, -0.25) is 14.5 Å². The summed E-state index contributed by atoms with van der Waals surface area (Å²) >= 11 is 0. The molecule has 3 heterocycles. The first kappa shape index (κ1) is 20.6. The summed E-state index contributed by atoms with van der Waals surface area (Å²) in [7, 11) is 1.51. The van der Waals surface area contributed by atoms with E-state index in [0.29, 0.717) is 28.0 Å². The summed E-state index contributed by atoms with van der Waals surface area (Å²) in [5.41, 5.74) is 1.96. The number of furan rings is 1. The molecule has 0 aliphatic carbocycles. The lowest BCUT2D eigenvalue weighted by Crippen LogP contribution is -2.31. The van der Waals surface area contributed by atoms with Crippen LogP contribution in [0.25, 0.3) is 11.0 Å². The number of amides is 1. The lowest BCUT2D eigenvalue weighted by molar-refractivity contribution is -0.117. The number of aliphatic hydroxyl groups is 1. The maximum Gasteiger partial charge on any atom is 0.295 e. The monoisotopic (exact) mass is 444 g/mol. The van der Waals surface area contributed by atoms with Crippen molar-refractivity contribution >= 4 is 28.5 Å². The second-order valence-electron chi connectivity index (χ2n) is 7.86. The van der Waals surface area contributed by atoms with E-state index in [9.17, 15) is 14.7 Å². The SMILES string of the molecule is COc1cccc2cc(C(=O)C3=C(O)C(=O)N(c4cc(C)on4)C3c3ccc(C)cc3)oc12. The van der Waals surface area contributed by atoms with Gasteiger partial charge in [-0.05, 0) is 31.5 Å². The lowest BCUT2D eigenvalue weighted by atomic mass is 9.94. The topological polar surface area (TPSA) is 106 Å². The molecule has 166 valence electrons. The predicted molar refractivity (Wildman–Crippen MR) is 119 cm³/mol. The zero-order valence-corrected chi connectivity index (χ0v) is 18.2. The van der Waals surface area contributed by atoms with Crippen molar-refractivity contribution in [3.8, 4) is 5.75 Å². The lowest BCUT2D eigenvalue weighted by Gasteiger charge is -2.24. The van der Waals surface area contributed by atoms with E-state index in [0.717, 1.165) is 5.56 Å². The summed E-state index contributed by atoms with van der Waals surface area (Å²) in [6.45, 7) is 3.63. The van der Waals surface area contributed by atoms with Gasteiger partial charge in [0.25, 0.3) is 5.91 Å². The molecule has 0 saturated heterocycles. The molecule has 1 amide bonds. The van der Waals surface area contributed by atoms with Crippen molar-refractivity contribution in [3.05, 3.63) is 88.6 Å². The third kappa shape index (κ3) is 3.27. The minimum atomic E-state index is -0.912. The molecule has 2 aromatic heterocycles. The van der Waals surface area contributed by atoms with Crippen LogP contribution in [-0.4, -0.2) is 29.1 Å². The van der Waals surface area contributed by atoms with Crippen molar-refractivity contribution in [3.63, 3.8) is 0 Å². The second kappa shape index (κ2) is 7.67. The van der Waals surface area contributed by atoms with E-state index in [1.807, 2.05) is 19.1 Å². The molecular formula is C25H20N2O6. The Balaban J connectivity index is 1.66. The van der Waals surface area contributed by atoms with Gasteiger partial charge < -0.3 is 18.8 Å². The number of carbonyl (C=O) groups excluding carboxylic acids is 2. The molecule has 33 heavy (non-hydrogen) atoms. The number of hydrogen-bond acceptors (Lipinski definition) is 7. The van der Waals surface area contributed by atoms with E-state index >= 15 is 0 Å². The fourth-order valence-electron chi connectivity index (χ4n) is 4.05. The van der Waals surface area contributed by atoms with E-state index in [-0.39, 0.29) is 17.2 Å². The van der Waals surface area contributed by atoms with Crippen molar-refractivity contribution in [1.82, 2.24) is 5.16 Å². The zero-order valence-electron chi connectivity index (χ0n) is 18.2. The smallest absolute Gasteiger partial charge is 0.295 e. The molecule has 1 aliphatic heterocycles. The number of anilines is 1. The molecule has 0 radical (unpaired) electrons. The highest BCUT2D eigenvalue weighted by atomic mass is 16.5. The number of hydrogen-bond donors (Lipinski definition) is 1. The number of aromatic nitrogens is 1. The van der Waals surface area contributed by atoms with E-state index in [1.165, 1.54) is 12.0 Å². The van der Waals surface area contributed by atoms with Crippen molar-refractivity contribution in [2.45, 2.75) is 19.9 Å². The molecule has 0 spiro atoms. The fraction of sp³-hybridized carbons (Fsp3) is 0.160. The van der Waals surface area contributed by atoms with Crippen LogP contribution in [0.2, 0.25) is 0 Å². The Kier molecular flexibility index (Phi) is 4.78. The molecule has 2 aromatic carbocycles. The van der Waals surface area contributed by atoms with E-state index < -0.39 is 23.5 Å². The average Bonchev–Trinajstić information content (AvgIpc) is 3.50. The Morgan fingerprint density at radius 1 is 1.12 bits per heavy atom. The molecule has 8 nitrogen and oxygen atoms in total. The number of ether oxygens (including phenoxy) is 1. The Hall–Kier alpha value is -4.33. The van der Waals surface area contributed by atoms with Gasteiger partial charge in [0.2, 0.25) is 5.78 Å². The average molecular weight is 444 g/mol. The molecule has 0 saturated carbocycles. The van der Waals surface area contributed by atoms with Crippen molar-refractivity contribution in [1.29, 1.82) is 0 Å². The number of aliphatic hydroxyl groups excluding tert-OH is 1. The molecule has 0 fully saturated rings. The number of nitrogens with zero attached hydrogens (tertiary/aromatic N) is 2. The van der Waals surface area contributed by atoms with E-state index in [4.69, 9.17) is 13.7 Å². The first-order chi connectivity index (χ1) is 15.9. The van der Waals surface area contributed by atoms with Gasteiger partial charge in [-0.15, -0.1) is 0 Å². The number of benzene rings is 2. The van der Waals surface area contributed by atoms with Crippen LogP contribution in [-0.2, 0) is 4.79 Å². The van der Waals surface area contributed by atoms with Gasteiger partial charge in [-0.25, -0.2) is 0 Å². The highest BCUT2D eigenvalue weighted by Crippen LogP contribution is 2.42. The third-order valence-corrected chi connectivity index (χ3v) is 5.66. The summed E-state index contributed by atoms with van der Waals surface area (Å²) in [5.74, 6) is -0.856. The highest BCUT2D eigenvalue weighted by Gasteiger charge is 2.46. The zero-order chi connectivity index (χ0) is 23.3. The molecule has 4 aromatic rings. The molecule has 1 aliphatic rings. The van der Waals surface area contributed by atoms with Crippen LogP contribution >= 0.6 is 0 Å². The van der Waals surface area contributed by atoms with Crippen molar-refractivity contribution in [2.75, 3.05) is 12.0 Å². The maximum absolute atomic E-state index is 13.6. The quantitative estimate of drug-likeness (QED) is 0.440. The molecular weight excluding hydrogens is 424 g/mol. The number of ketones is 1. The number of Topliss-reactive ketones (excluding diaryl/α,β-unsaturated/α-hetero) is 1. The highest BCUT2D eigenvalue weighted by molar-refractivity contribution is 6.20. The van der Waals surface area contributed by atoms with E-state index in [2.05, 4.69) is 5.16 Å². The Morgan fingerprint density at radius 2 is 1.88 bits per heavy atom. The Morgan fingerprint density at radius 3 is 2.55 bits per heavy atom. The minimum Gasteiger partial charge on any atom is -0.503 e. The standard InChI is InChI=1S/C25H20N2O6/c1-13-7-9-15(10-8-13)21-20(23(29)25(30)27(21)19-11-14(2)33-26-19)22(28)18-12-16-5-4-6-17(31-3)24(16)32-18/h4-12,21,29H,1-3H3. The van der Waals surface area contributed by atoms with Gasteiger partial charge in [-0.1, -0.05) is 47.1 Å². The van der Waals surface area contributed by atoms with Crippen LogP contribution in [0.1, 0.15) is 33.5 Å². The van der Waals surface area contributed by atoms with Gasteiger partial charge in [0.05, 0.1) is 18.7 Å². The van der Waals surface area contributed by atoms with Crippen LogP contribution in [0.5, 0.6) is 5.75 Å². The minimum absolute atomic E-state index is 0.0147.